The summed E-state index contributed by atoms with van der Waals surface area (Å²) < 4.78 is 40.0. The molecule has 3 rings (SSSR count). The highest BCUT2D eigenvalue weighted by molar-refractivity contribution is 7.91. The van der Waals surface area contributed by atoms with Gasteiger partial charge >= 0.3 is 0 Å². The average molecular weight is 388 g/mol. The van der Waals surface area contributed by atoms with E-state index in [-0.39, 0.29) is 27.7 Å². The summed E-state index contributed by atoms with van der Waals surface area (Å²) in [5, 5.41) is 0. The Morgan fingerprint density at radius 1 is 1.22 bits per heavy atom. The molecule has 1 heterocycles. The molecule has 0 aliphatic carbocycles. The van der Waals surface area contributed by atoms with Crippen molar-refractivity contribution in [3.63, 3.8) is 0 Å². The fraction of sp³-hybridized carbons (Fsp3) is 0.250. The van der Waals surface area contributed by atoms with Gasteiger partial charge in [0.1, 0.15) is 22.1 Å². The van der Waals surface area contributed by atoms with Gasteiger partial charge in [-0.1, -0.05) is 25.1 Å². The maximum Gasteiger partial charge on any atom is 0.217 e. The first-order chi connectivity index (χ1) is 12.9. The van der Waals surface area contributed by atoms with Crippen molar-refractivity contribution >= 4 is 21.7 Å². The SMILES string of the molecule is CCCOc1cc2c(cc1C(=O)C=Cc1ccc(OC)cc1)OCS2(=O)=O. The van der Waals surface area contributed by atoms with E-state index in [9.17, 15) is 13.2 Å². The van der Waals surface area contributed by atoms with Gasteiger partial charge in [-0.3, -0.25) is 4.79 Å². The second-order valence-electron chi connectivity index (χ2n) is 5.99. The molecule has 2 aromatic carbocycles. The van der Waals surface area contributed by atoms with Crippen LogP contribution in [0.1, 0.15) is 29.3 Å². The molecular formula is C20H20O6S. The van der Waals surface area contributed by atoms with E-state index >= 15 is 0 Å². The lowest BCUT2D eigenvalue weighted by Crippen LogP contribution is -2.05. The second-order valence-corrected chi connectivity index (χ2v) is 7.90. The maximum absolute atomic E-state index is 12.7. The first-order valence-electron chi connectivity index (χ1n) is 8.47. The minimum absolute atomic E-state index is 0.0595. The monoisotopic (exact) mass is 388 g/mol. The van der Waals surface area contributed by atoms with Crippen LogP contribution < -0.4 is 14.2 Å². The zero-order valence-corrected chi connectivity index (χ0v) is 15.9. The van der Waals surface area contributed by atoms with Gasteiger partial charge < -0.3 is 14.2 Å². The molecule has 1 aliphatic rings. The second kappa shape index (κ2) is 7.84. The van der Waals surface area contributed by atoms with E-state index < -0.39 is 15.8 Å². The van der Waals surface area contributed by atoms with Crippen LogP contribution in [0.2, 0.25) is 0 Å². The fourth-order valence-electron chi connectivity index (χ4n) is 2.60. The van der Waals surface area contributed by atoms with Crippen molar-refractivity contribution in [3.05, 3.63) is 53.6 Å². The number of hydrogen-bond donors (Lipinski definition) is 0. The number of fused-ring (bicyclic) bond motifs is 1. The van der Waals surface area contributed by atoms with Crippen LogP contribution in [0.25, 0.3) is 6.08 Å². The zero-order valence-electron chi connectivity index (χ0n) is 15.1. The molecule has 2 aromatic rings. The van der Waals surface area contributed by atoms with E-state index in [0.717, 1.165) is 17.7 Å². The third kappa shape index (κ3) is 4.14. The van der Waals surface area contributed by atoms with Crippen molar-refractivity contribution in [1.82, 2.24) is 0 Å². The Bertz CT molecular complexity index is 974. The predicted molar refractivity (Wildman–Crippen MR) is 101 cm³/mol. The van der Waals surface area contributed by atoms with Gasteiger partial charge in [-0.25, -0.2) is 8.42 Å². The third-order valence-corrected chi connectivity index (χ3v) is 5.44. The molecule has 0 amide bonds. The van der Waals surface area contributed by atoms with Crippen LogP contribution in [0.4, 0.5) is 0 Å². The van der Waals surface area contributed by atoms with E-state index in [1.165, 1.54) is 18.2 Å². The number of hydrogen-bond acceptors (Lipinski definition) is 6. The molecule has 0 atom stereocenters. The first-order valence-corrected chi connectivity index (χ1v) is 10.1. The number of benzene rings is 2. The number of carbonyl (C=O) groups excluding carboxylic acids is 1. The van der Waals surface area contributed by atoms with Gasteiger partial charge in [0.15, 0.2) is 11.7 Å². The number of allylic oxidation sites excluding steroid dienone is 1. The Balaban J connectivity index is 1.91. The Morgan fingerprint density at radius 3 is 2.63 bits per heavy atom. The van der Waals surface area contributed by atoms with Crippen molar-refractivity contribution < 1.29 is 27.4 Å². The van der Waals surface area contributed by atoms with Crippen molar-refractivity contribution in [2.75, 3.05) is 19.7 Å². The molecule has 6 nitrogen and oxygen atoms in total. The van der Waals surface area contributed by atoms with E-state index in [0.29, 0.717) is 6.61 Å². The molecule has 0 bridgehead atoms. The van der Waals surface area contributed by atoms with Crippen molar-refractivity contribution in [2.45, 2.75) is 18.2 Å². The molecule has 0 N–H and O–H groups in total. The lowest BCUT2D eigenvalue weighted by Gasteiger charge is -2.10. The standard InChI is InChI=1S/C20H20O6S/c1-3-10-25-18-12-20-19(26-13-27(20,22)23)11-16(18)17(21)9-6-14-4-7-15(24-2)8-5-14/h4-9,11-12H,3,10,13H2,1-2H3. The van der Waals surface area contributed by atoms with Gasteiger partial charge in [-0.05, 0) is 36.3 Å². The van der Waals surface area contributed by atoms with Crippen LogP contribution in [-0.4, -0.2) is 33.9 Å². The van der Waals surface area contributed by atoms with E-state index in [1.807, 2.05) is 19.1 Å². The molecule has 27 heavy (non-hydrogen) atoms. The normalized spacial score (nSPS) is 14.6. The summed E-state index contributed by atoms with van der Waals surface area (Å²) in [5.41, 5.74) is 1.10. The molecule has 0 unspecified atom stereocenters. The molecule has 0 fully saturated rings. The summed E-state index contributed by atoms with van der Waals surface area (Å²) in [6.45, 7) is 2.31. The molecule has 0 saturated heterocycles. The van der Waals surface area contributed by atoms with Gasteiger partial charge in [0.05, 0.1) is 19.3 Å². The fourth-order valence-corrected chi connectivity index (χ4v) is 3.72. The van der Waals surface area contributed by atoms with Gasteiger partial charge in [0, 0.05) is 6.07 Å². The number of ether oxygens (including phenoxy) is 3. The summed E-state index contributed by atoms with van der Waals surface area (Å²) in [6.07, 6.45) is 3.83. The lowest BCUT2D eigenvalue weighted by atomic mass is 10.1. The Morgan fingerprint density at radius 2 is 1.96 bits per heavy atom. The molecule has 0 spiro atoms. The molecule has 0 radical (unpaired) electrons. The number of methoxy groups -OCH3 is 1. The van der Waals surface area contributed by atoms with Crippen LogP contribution in [0.5, 0.6) is 17.2 Å². The highest BCUT2D eigenvalue weighted by atomic mass is 32.2. The van der Waals surface area contributed by atoms with Gasteiger partial charge in [-0.15, -0.1) is 0 Å². The van der Waals surface area contributed by atoms with Gasteiger partial charge in [0.25, 0.3) is 0 Å². The number of sulfone groups is 1. The largest absolute Gasteiger partial charge is 0.497 e. The Labute approximate surface area is 158 Å². The first kappa shape index (κ1) is 19.0. The van der Waals surface area contributed by atoms with Crippen molar-refractivity contribution in [3.8, 4) is 17.2 Å². The quantitative estimate of drug-likeness (QED) is 0.534. The highest BCUT2D eigenvalue weighted by Gasteiger charge is 2.31. The Kier molecular flexibility index (Phi) is 5.51. The Hall–Kier alpha value is -2.80. The van der Waals surface area contributed by atoms with Crippen LogP contribution in [0.15, 0.2) is 47.4 Å². The minimum atomic E-state index is -3.50. The lowest BCUT2D eigenvalue weighted by molar-refractivity contribution is 0.104. The summed E-state index contributed by atoms with van der Waals surface area (Å²) in [5.74, 6) is 0.432. The highest BCUT2D eigenvalue weighted by Crippen LogP contribution is 2.37. The molecule has 0 saturated carbocycles. The molecule has 0 aromatic heterocycles. The third-order valence-electron chi connectivity index (χ3n) is 4.02. The molecule has 142 valence electrons. The van der Waals surface area contributed by atoms with E-state index in [4.69, 9.17) is 14.2 Å². The number of carbonyl (C=O) groups is 1. The van der Waals surface area contributed by atoms with Gasteiger partial charge in [-0.2, -0.15) is 0 Å². The topological polar surface area (TPSA) is 78.9 Å². The predicted octanol–water partition coefficient (Wildman–Crippen LogP) is 3.50. The number of rotatable bonds is 7. The van der Waals surface area contributed by atoms with Gasteiger partial charge in [0.2, 0.25) is 9.84 Å². The van der Waals surface area contributed by atoms with Crippen LogP contribution in [0.3, 0.4) is 0 Å². The zero-order chi connectivity index (χ0) is 19.4. The average Bonchev–Trinajstić information content (AvgIpc) is 2.98. The smallest absolute Gasteiger partial charge is 0.217 e. The van der Waals surface area contributed by atoms with Crippen LogP contribution in [-0.2, 0) is 9.84 Å². The summed E-state index contributed by atoms with van der Waals surface area (Å²) in [7, 11) is -1.92. The maximum atomic E-state index is 12.7. The summed E-state index contributed by atoms with van der Waals surface area (Å²) >= 11 is 0. The van der Waals surface area contributed by atoms with Crippen LogP contribution in [0, 0.1) is 0 Å². The summed E-state index contributed by atoms with van der Waals surface area (Å²) in [6, 6.07) is 10.1. The van der Waals surface area contributed by atoms with Crippen LogP contribution >= 0.6 is 0 Å². The molecule has 7 heteroatoms. The molecule has 1 aliphatic heterocycles. The molecular weight excluding hydrogens is 368 g/mol. The van der Waals surface area contributed by atoms with Crippen molar-refractivity contribution in [1.29, 1.82) is 0 Å². The minimum Gasteiger partial charge on any atom is -0.497 e. The van der Waals surface area contributed by atoms with E-state index in [1.54, 1.807) is 25.3 Å². The van der Waals surface area contributed by atoms with Crippen molar-refractivity contribution in [2.24, 2.45) is 0 Å². The summed E-state index contributed by atoms with van der Waals surface area (Å²) in [4.78, 5) is 12.7. The van der Waals surface area contributed by atoms with E-state index in [2.05, 4.69) is 0 Å². The number of ketones is 1.